The van der Waals surface area contributed by atoms with Crippen molar-refractivity contribution in [2.75, 3.05) is 0 Å². The van der Waals surface area contributed by atoms with E-state index < -0.39 is 24.3 Å². The molecule has 0 aromatic rings. The molecule has 0 amide bonds. The first-order valence-corrected chi connectivity index (χ1v) is 4.17. The lowest BCUT2D eigenvalue weighted by atomic mass is 10.2. The Hall–Kier alpha value is -0.940. The highest BCUT2D eigenvalue weighted by Gasteiger charge is 2.33. The zero-order valence-corrected chi connectivity index (χ0v) is 7.91. The third kappa shape index (κ3) is 7.04. The third-order valence-electron chi connectivity index (χ3n) is 1.41. The van der Waals surface area contributed by atoms with Crippen LogP contribution >= 0.6 is 0 Å². The summed E-state index contributed by atoms with van der Waals surface area (Å²) in [5.74, 6) is 0. The van der Waals surface area contributed by atoms with Gasteiger partial charge in [-0.1, -0.05) is 25.2 Å². The van der Waals surface area contributed by atoms with Gasteiger partial charge in [-0.15, -0.1) is 0 Å². The van der Waals surface area contributed by atoms with E-state index >= 15 is 0 Å². The number of alkyl halides is 6. The molecule has 0 N–H and O–H groups in total. The van der Waals surface area contributed by atoms with Crippen LogP contribution in [0.4, 0.5) is 26.3 Å². The maximum absolute atomic E-state index is 12.1. The molecule has 15 heavy (non-hydrogen) atoms. The molecule has 0 spiro atoms. The maximum atomic E-state index is 12.1. The summed E-state index contributed by atoms with van der Waals surface area (Å²) < 4.78 is 71.5. The van der Waals surface area contributed by atoms with E-state index in [0.717, 1.165) is 6.08 Å². The Morgan fingerprint density at radius 3 is 1.93 bits per heavy atom. The standard InChI is InChI=1S/C9H10F6/c1-2-3-4-7(9(13,14)15)5-6-8(10,11)12/h3-5H,2,6H2,1H3/b4-3-,7-5+. The van der Waals surface area contributed by atoms with E-state index in [4.69, 9.17) is 0 Å². The number of hydrogen-bond acceptors (Lipinski definition) is 0. The highest BCUT2D eigenvalue weighted by atomic mass is 19.4. The van der Waals surface area contributed by atoms with Gasteiger partial charge in [0.2, 0.25) is 0 Å². The first-order chi connectivity index (χ1) is 6.67. The van der Waals surface area contributed by atoms with E-state index in [2.05, 4.69) is 0 Å². The van der Waals surface area contributed by atoms with Gasteiger partial charge in [-0.05, 0) is 6.42 Å². The fraction of sp³-hybridized carbons (Fsp3) is 0.556. The minimum Gasteiger partial charge on any atom is -0.171 e. The fourth-order valence-electron chi connectivity index (χ4n) is 0.749. The Bertz CT molecular complexity index is 242. The number of rotatable bonds is 3. The first kappa shape index (κ1) is 14.1. The molecule has 0 unspecified atom stereocenters. The lowest BCUT2D eigenvalue weighted by Gasteiger charge is -2.08. The van der Waals surface area contributed by atoms with E-state index in [1.165, 1.54) is 0 Å². The second-order valence-corrected chi connectivity index (χ2v) is 2.79. The van der Waals surface area contributed by atoms with Crippen LogP contribution < -0.4 is 0 Å². The SMILES string of the molecule is CC/C=C\C(=C/CC(F)(F)F)C(F)(F)F. The van der Waals surface area contributed by atoms with E-state index in [0.29, 0.717) is 12.5 Å². The lowest BCUT2D eigenvalue weighted by molar-refractivity contribution is -0.126. The summed E-state index contributed by atoms with van der Waals surface area (Å²) >= 11 is 0. The largest absolute Gasteiger partial charge is 0.416 e. The summed E-state index contributed by atoms with van der Waals surface area (Å²) in [5, 5.41) is 0. The minimum atomic E-state index is -4.74. The minimum absolute atomic E-state index is 0.145. The van der Waals surface area contributed by atoms with Crippen molar-refractivity contribution >= 4 is 0 Å². The van der Waals surface area contributed by atoms with Crippen LogP contribution in [0.1, 0.15) is 19.8 Å². The van der Waals surface area contributed by atoms with E-state index in [1.54, 1.807) is 6.92 Å². The van der Waals surface area contributed by atoms with Crippen molar-refractivity contribution in [3.05, 3.63) is 23.8 Å². The highest BCUT2D eigenvalue weighted by molar-refractivity contribution is 5.23. The van der Waals surface area contributed by atoms with Gasteiger partial charge in [0.15, 0.2) is 0 Å². The van der Waals surface area contributed by atoms with E-state index in [9.17, 15) is 26.3 Å². The van der Waals surface area contributed by atoms with Crippen molar-refractivity contribution in [3.8, 4) is 0 Å². The molecule has 0 rings (SSSR count). The van der Waals surface area contributed by atoms with Crippen LogP contribution in [0, 0.1) is 0 Å². The number of hydrogen-bond donors (Lipinski definition) is 0. The number of halogens is 6. The summed E-state index contributed by atoms with van der Waals surface area (Å²) in [7, 11) is 0. The van der Waals surface area contributed by atoms with Gasteiger partial charge in [-0.25, -0.2) is 0 Å². The van der Waals surface area contributed by atoms with Gasteiger partial charge in [-0.3, -0.25) is 0 Å². The molecule has 0 aromatic carbocycles. The Balaban J connectivity index is 4.72. The Morgan fingerprint density at radius 1 is 1.07 bits per heavy atom. The smallest absolute Gasteiger partial charge is 0.171 e. The summed E-state index contributed by atoms with van der Waals surface area (Å²) in [6.07, 6.45) is -8.63. The summed E-state index contributed by atoms with van der Waals surface area (Å²) in [4.78, 5) is 0. The maximum Gasteiger partial charge on any atom is 0.416 e. The Labute approximate surface area is 83.3 Å². The zero-order valence-electron chi connectivity index (χ0n) is 7.91. The lowest BCUT2D eigenvalue weighted by Crippen LogP contribution is -2.12. The quantitative estimate of drug-likeness (QED) is 0.500. The van der Waals surface area contributed by atoms with Crippen molar-refractivity contribution < 1.29 is 26.3 Å². The van der Waals surface area contributed by atoms with Gasteiger partial charge < -0.3 is 0 Å². The van der Waals surface area contributed by atoms with Crippen molar-refractivity contribution in [1.82, 2.24) is 0 Å². The highest BCUT2D eigenvalue weighted by Crippen LogP contribution is 2.29. The van der Waals surface area contributed by atoms with Gasteiger partial charge in [0.05, 0.1) is 12.0 Å². The predicted octanol–water partition coefficient (Wildman–Crippen LogP) is 4.39. The normalized spacial score (nSPS) is 15.0. The zero-order chi connectivity index (χ0) is 12.1. The second-order valence-electron chi connectivity index (χ2n) is 2.79. The molecule has 0 aromatic heterocycles. The summed E-state index contributed by atoms with van der Waals surface area (Å²) in [6.45, 7) is 1.59. The molecule has 6 heteroatoms. The second kappa shape index (κ2) is 5.23. The van der Waals surface area contributed by atoms with Crippen molar-refractivity contribution in [2.24, 2.45) is 0 Å². The molecule has 0 nitrogen and oxygen atoms in total. The summed E-state index contributed by atoms with van der Waals surface area (Å²) in [5.41, 5.74) is -1.26. The molecule has 0 atom stereocenters. The third-order valence-corrected chi connectivity index (χ3v) is 1.41. The van der Waals surface area contributed by atoms with Gasteiger partial charge in [0, 0.05) is 0 Å². The van der Waals surface area contributed by atoms with Gasteiger partial charge in [0.1, 0.15) is 0 Å². The van der Waals surface area contributed by atoms with Crippen LogP contribution in [0.5, 0.6) is 0 Å². The van der Waals surface area contributed by atoms with Crippen LogP contribution in [0.2, 0.25) is 0 Å². The van der Waals surface area contributed by atoms with Crippen molar-refractivity contribution in [3.63, 3.8) is 0 Å². The molecule has 88 valence electrons. The fourth-order valence-corrected chi connectivity index (χ4v) is 0.749. The van der Waals surface area contributed by atoms with Crippen molar-refractivity contribution in [1.29, 1.82) is 0 Å². The van der Waals surface area contributed by atoms with Gasteiger partial charge in [0.25, 0.3) is 0 Å². The molecule has 0 fully saturated rings. The van der Waals surface area contributed by atoms with Crippen LogP contribution in [-0.2, 0) is 0 Å². The van der Waals surface area contributed by atoms with Crippen LogP contribution in [0.3, 0.4) is 0 Å². The van der Waals surface area contributed by atoms with E-state index in [1.807, 2.05) is 0 Å². The average Bonchev–Trinajstić information content (AvgIpc) is 1.99. The van der Waals surface area contributed by atoms with Gasteiger partial charge >= 0.3 is 12.4 Å². The first-order valence-electron chi connectivity index (χ1n) is 4.17. The van der Waals surface area contributed by atoms with Crippen LogP contribution in [-0.4, -0.2) is 12.4 Å². The topological polar surface area (TPSA) is 0 Å². The average molecular weight is 232 g/mol. The Morgan fingerprint density at radius 2 is 1.60 bits per heavy atom. The molecule has 0 aliphatic carbocycles. The van der Waals surface area contributed by atoms with Gasteiger partial charge in [-0.2, -0.15) is 26.3 Å². The molecule has 0 bridgehead atoms. The molecule has 0 saturated carbocycles. The van der Waals surface area contributed by atoms with Crippen molar-refractivity contribution in [2.45, 2.75) is 32.1 Å². The van der Waals surface area contributed by atoms with E-state index in [-0.39, 0.29) is 6.08 Å². The Kier molecular flexibility index (Phi) is 4.90. The molecule has 0 saturated heterocycles. The molecular formula is C9H10F6. The molecule has 0 aliphatic rings. The van der Waals surface area contributed by atoms with Crippen LogP contribution in [0.25, 0.3) is 0 Å². The molecular weight excluding hydrogens is 222 g/mol. The molecule has 0 radical (unpaired) electrons. The predicted molar refractivity (Wildman–Crippen MR) is 44.2 cm³/mol. The molecule has 0 aliphatic heterocycles. The van der Waals surface area contributed by atoms with Crippen LogP contribution in [0.15, 0.2) is 23.8 Å². The summed E-state index contributed by atoms with van der Waals surface area (Å²) in [6, 6.07) is 0. The monoisotopic (exact) mass is 232 g/mol. The molecule has 0 heterocycles. The number of allylic oxidation sites excluding steroid dienone is 4.